The number of nitrogens with zero attached hydrogens (tertiary/aromatic N) is 4. The van der Waals surface area contributed by atoms with Gasteiger partial charge in [0, 0.05) is 11.8 Å². The average Bonchev–Trinajstić information content (AvgIpc) is 2.67. The summed E-state index contributed by atoms with van der Waals surface area (Å²) < 4.78 is 0. The first-order valence-electron chi connectivity index (χ1n) is 7.51. The first-order valence-corrected chi connectivity index (χ1v) is 7.51. The summed E-state index contributed by atoms with van der Waals surface area (Å²) in [6, 6.07) is 15.2. The third-order valence-electron chi connectivity index (χ3n) is 3.95. The molecular weight excluding hydrogens is 308 g/mol. The predicted molar refractivity (Wildman–Crippen MR) is 98.6 cm³/mol. The highest BCUT2D eigenvalue weighted by Gasteiger charge is 2.16. The number of aryl methyl sites for hydroxylation is 1. The van der Waals surface area contributed by atoms with E-state index in [9.17, 15) is 0 Å². The molecule has 25 heavy (non-hydrogen) atoms. The molecule has 1 heterocycles. The lowest BCUT2D eigenvalue weighted by atomic mass is 9.99. The summed E-state index contributed by atoms with van der Waals surface area (Å²) >= 11 is 0. The number of hydrogen-bond acceptors (Lipinski definition) is 1. The molecular formula is C21H12N4. The highest BCUT2D eigenvalue weighted by Crippen LogP contribution is 2.44. The summed E-state index contributed by atoms with van der Waals surface area (Å²) in [7, 11) is 0. The van der Waals surface area contributed by atoms with Crippen molar-refractivity contribution >= 4 is 17.1 Å². The number of hydrogen-bond donors (Lipinski definition) is 0. The standard InChI is InChI=1S/C21H12N4/c1-14-12-19(25-13-17(14)15-8-6-5-7-9-15)16-10-11-18(22-2)21(24-4)20(16)23-3/h5-13H,1H3. The van der Waals surface area contributed by atoms with Gasteiger partial charge in [-0.3, -0.25) is 19.5 Å². The van der Waals surface area contributed by atoms with Gasteiger partial charge in [0.05, 0.1) is 25.4 Å². The molecule has 0 aliphatic carbocycles. The molecule has 0 radical (unpaired) electrons. The molecule has 0 N–H and O–H groups in total. The summed E-state index contributed by atoms with van der Waals surface area (Å²) in [5.41, 5.74) is 4.82. The Morgan fingerprint density at radius 3 is 2.12 bits per heavy atom. The van der Waals surface area contributed by atoms with E-state index in [0.717, 1.165) is 16.7 Å². The van der Waals surface area contributed by atoms with E-state index in [0.29, 0.717) is 11.3 Å². The topological polar surface area (TPSA) is 26.0 Å². The summed E-state index contributed by atoms with van der Waals surface area (Å²) in [4.78, 5) is 14.7. The molecule has 4 nitrogen and oxygen atoms in total. The second kappa shape index (κ2) is 6.67. The molecule has 0 aliphatic heterocycles. The van der Waals surface area contributed by atoms with Crippen LogP contribution in [-0.4, -0.2) is 4.98 Å². The van der Waals surface area contributed by atoms with Crippen molar-refractivity contribution in [1.82, 2.24) is 4.98 Å². The first-order chi connectivity index (χ1) is 12.2. The van der Waals surface area contributed by atoms with Crippen LogP contribution in [0.2, 0.25) is 0 Å². The molecule has 116 valence electrons. The van der Waals surface area contributed by atoms with Crippen molar-refractivity contribution in [2.45, 2.75) is 6.92 Å². The first kappa shape index (κ1) is 15.9. The van der Waals surface area contributed by atoms with E-state index >= 15 is 0 Å². The van der Waals surface area contributed by atoms with Crippen molar-refractivity contribution in [1.29, 1.82) is 0 Å². The minimum absolute atomic E-state index is 0.0917. The fourth-order valence-electron chi connectivity index (χ4n) is 2.71. The Morgan fingerprint density at radius 2 is 1.52 bits per heavy atom. The number of rotatable bonds is 2. The van der Waals surface area contributed by atoms with Crippen LogP contribution < -0.4 is 0 Å². The molecule has 3 rings (SSSR count). The van der Waals surface area contributed by atoms with Crippen molar-refractivity contribution in [3.05, 3.63) is 94.5 Å². The molecule has 1 aromatic heterocycles. The molecule has 0 atom stereocenters. The fraction of sp³-hybridized carbons (Fsp3) is 0.0476. The van der Waals surface area contributed by atoms with Crippen molar-refractivity contribution in [2.24, 2.45) is 0 Å². The molecule has 0 spiro atoms. The Labute approximate surface area is 146 Å². The molecule has 0 unspecified atom stereocenters. The molecule has 0 amide bonds. The number of pyridine rings is 1. The third kappa shape index (κ3) is 2.83. The van der Waals surface area contributed by atoms with Gasteiger partial charge in [-0.05, 0) is 29.7 Å². The minimum atomic E-state index is 0.0917. The van der Waals surface area contributed by atoms with Gasteiger partial charge in [-0.1, -0.05) is 42.5 Å². The van der Waals surface area contributed by atoms with Crippen LogP contribution in [0.4, 0.5) is 17.1 Å². The van der Waals surface area contributed by atoms with E-state index in [1.165, 1.54) is 0 Å². The molecule has 2 aromatic carbocycles. The minimum Gasteiger partial charge on any atom is -0.262 e. The van der Waals surface area contributed by atoms with Crippen molar-refractivity contribution < 1.29 is 0 Å². The van der Waals surface area contributed by atoms with Crippen LogP contribution >= 0.6 is 0 Å². The van der Waals surface area contributed by atoms with Crippen LogP contribution in [0.25, 0.3) is 36.9 Å². The van der Waals surface area contributed by atoms with Gasteiger partial charge in [-0.25, -0.2) is 0 Å². The normalized spacial score (nSPS) is 9.68. The summed E-state index contributed by atoms with van der Waals surface area (Å²) in [6.07, 6.45) is 1.79. The highest BCUT2D eigenvalue weighted by atomic mass is 14.8. The summed E-state index contributed by atoms with van der Waals surface area (Å²) in [5, 5.41) is 0. The molecule has 0 saturated carbocycles. The quantitative estimate of drug-likeness (QED) is 0.503. The second-order valence-corrected chi connectivity index (χ2v) is 5.42. The van der Waals surface area contributed by atoms with Crippen LogP contribution in [-0.2, 0) is 0 Å². The molecule has 0 saturated heterocycles. The monoisotopic (exact) mass is 320 g/mol. The summed E-state index contributed by atoms with van der Waals surface area (Å²) in [6.45, 7) is 23.9. The van der Waals surface area contributed by atoms with Crippen molar-refractivity contribution in [3.8, 4) is 22.4 Å². The highest BCUT2D eigenvalue weighted by molar-refractivity contribution is 5.94. The van der Waals surface area contributed by atoms with E-state index in [-0.39, 0.29) is 17.1 Å². The van der Waals surface area contributed by atoms with E-state index in [1.54, 1.807) is 18.3 Å². The molecule has 0 fully saturated rings. The van der Waals surface area contributed by atoms with Gasteiger partial charge < -0.3 is 0 Å². The van der Waals surface area contributed by atoms with Crippen LogP contribution in [0.1, 0.15) is 5.56 Å². The van der Waals surface area contributed by atoms with Gasteiger partial charge in [-0.15, -0.1) is 0 Å². The van der Waals surface area contributed by atoms with E-state index in [1.807, 2.05) is 43.3 Å². The van der Waals surface area contributed by atoms with E-state index in [4.69, 9.17) is 19.7 Å². The number of aromatic nitrogens is 1. The Morgan fingerprint density at radius 1 is 0.800 bits per heavy atom. The Hall–Kier alpha value is -3.94. The maximum atomic E-state index is 7.43. The van der Waals surface area contributed by atoms with Crippen LogP contribution in [0.3, 0.4) is 0 Å². The Kier molecular flexibility index (Phi) is 4.25. The largest absolute Gasteiger partial charge is 0.262 e. The van der Waals surface area contributed by atoms with Gasteiger partial charge >= 0.3 is 0 Å². The Balaban J connectivity index is 2.17. The van der Waals surface area contributed by atoms with Crippen LogP contribution in [0.15, 0.2) is 54.7 Å². The van der Waals surface area contributed by atoms with Crippen LogP contribution in [0, 0.1) is 26.6 Å². The van der Waals surface area contributed by atoms with E-state index < -0.39 is 0 Å². The molecule has 4 heteroatoms. The maximum Gasteiger partial charge on any atom is 0.201 e. The second-order valence-electron chi connectivity index (χ2n) is 5.42. The molecule has 3 aromatic rings. The van der Waals surface area contributed by atoms with Gasteiger partial charge in [0.2, 0.25) is 5.69 Å². The lowest BCUT2D eigenvalue weighted by molar-refractivity contribution is 1.29. The molecule has 0 aliphatic rings. The molecule has 0 bridgehead atoms. The number of benzene rings is 2. The SMILES string of the molecule is [C-]#[N+]c1ccc(-c2cc(C)c(-c3ccccc3)cn2)c([N+]#[C-])c1[N+]#[C-]. The van der Waals surface area contributed by atoms with Crippen molar-refractivity contribution in [3.63, 3.8) is 0 Å². The van der Waals surface area contributed by atoms with Crippen molar-refractivity contribution in [2.75, 3.05) is 0 Å². The average molecular weight is 320 g/mol. The smallest absolute Gasteiger partial charge is 0.201 e. The summed E-state index contributed by atoms with van der Waals surface area (Å²) in [5.74, 6) is 0. The van der Waals surface area contributed by atoms with Gasteiger partial charge in [0.15, 0.2) is 11.4 Å². The Bertz CT molecular complexity index is 1080. The van der Waals surface area contributed by atoms with Gasteiger partial charge in [0.1, 0.15) is 0 Å². The lowest BCUT2D eigenvalue weighted by Gasteiger charge is -2.11. The van der Waals surface area contributed by atoms with Crippen LogP contribution in [0.5, 0.6) is 0 Å². The maximum absolute atomic E-state index is 7.43. The third-order valence-corrected chi connectivity index (χ3v) is 3.95. The zero-order valence-corrected chi connectivity index (χ0v) is 13.5. The van der Waals surface area contributed by atoms with Gasteiger partial charge in [-0.2, -0.15) is 0 Å². The fourth-order valence-corrected chi connectivity index (χ4v) is 2.71. The lowest BCUT2D eigenvalue weighted by Crippen LogP contribution is -1.90. The zero-order chi connectivity index (χ0) is 17.8. The van der Waals surface area contributed by atoms with Gasteiger partial charge in [0.25, 0.3) is 0 Å². The predicted octanol–water partition coefficient (Wildman–Crippen LogP) is 6.38. The zero-order valence-electron chi connectivity index (χ0n) is 13.5. The van der Waals surface area contributed by atoms with E-state index in [2.05, 4.69) is 19.5 Å².